The number of nitrogens with two attached hydrogens (primary N) is 1. The first-order valence-electron chi connectivity index (χ1n) is 4.58. The number of aliphatic hydroxyl groups is 1. The highest BCUT2D eigenvalue weighted by atomic mass is 16.3. The molecule has 0 saturated carbocycles. The number of aliphatic hydroxyl groups excluding tert-OH is 1. The maximum Gasteiger partial charge on any atom is 0.0448 e. The molecule has 11 heavy (non-hydrogen) atoms. The number of hydrogen-bond acceptors (Lipinski definition) is 2. The van der Waals surface area contributed by atoms with Gasteiger partial charge in [0.25, 0.3) is 0 Å². The van der Waals surface area contributed by atoms with Crippen molar-refractivity contribution in [2.24, 2.45) is 5.73 Å². The lowest BCUT2D eigenvalue weighted by molar-refractivity contribution is 0.221. The minimum atomic E-state index is -0.0990. The third kappa shape index (κ3) is 4.38. The smallest absolute Gasteiger partial charge is 0.0448 e. The molecular formula is C9H21NO. The summed E-state index contributed by atoms with van der Waals surface area (Å²) in [5.74, 6) is 0. The van der Waals surface area contributed by atoms with Crippen LogP contribution in [0, 0.1) is 0 Å². The van der Waals surface area contributed by atoms with Crippen LogP contribution >= 0.6 is 0 Å². The molecule has 0 saturated heterocycles. The summed E-state index contributed by atoms with van der Waals surface area (Å²) in [4.78, 5) is 0. The summed E-state index contributed by atoms with van der Waals surface area (Å²) in [6, 6.07) is 0. The lowest BCUT2D eigenvalue weighted by Crippen LogP contribution is -2.40. The van der Waals surface area contributed by atoms with Crippen molar-refractivity contribution in [1.29, 1.82) is 0 Å². The topological polar surface area (TPSA) is 46.2 Å². The van der Waals surface area contributed by atoms with Crippen molar-refractivity contribution in [2.75, 3.05) is 6.61 Å². The van der Waals surface area contributed by atoms with Gasteiger partial charge in [0.2, 0.25) is 0 Å². The quantitative estimate of drug-likeness (QED) is 0.619. The standard InChI is InChI=1S/C9H21NO/c1-3-5-9(10,6-4-2)7-8-11/h11H,3-8,10H2,1-2H3. The zero-order chi connectivity index (χ0) is 8.74. The van der Waals surface area contributed by atoms with E-state index in [1.54, 1.807) is 0 Å². The molecule has 2 heteroatoms. The van der Waals surface area contributed by atoms with Crippen molar-refractivity contribution in [2.45, 2.75) is 51.5 Å². The average Bonchev–Trinajstić information content (AvgIpc) is 1.88. The molecule has 0 aromatic heterocycles. The predicted octanol–water partition coefficient (Wildman–Crippen LogP) is 1.67. The Morgan fingerprint density at radius 1 is 1.09 bits per heavy atom. The summed E-state index contributed by atoms with van der Waals surface area (Å²) in [7, 11) is 0. The van der Waals surface area contributed by atoms with Gasteiger partial charge in [-0.1, -0.05) is 26.7 Å². The van der Waals surface area contributed by atoms with E-state index in [0.717, 1.165) is 32.1 Å². The molecule has 0 aromatic rings. The first-order valence-corrected chi connectivity index (χ1v) is 4.58. The van der Waals surface area contributed by atoms with Gasteiger partial charge in [-0.3, -0.25) is 0 Å². The van der Waals surface area contributed by atoms with Gasteiger partial charge in [-0.15, -0.1) is 0 Å². The maximum absolute atomic E-state index is 8.78. The second-order valence-electron chi connectivity index (χ2n) is 3.34. The zero-order valence-corrected chi connectivity index (χ0v) is 7.77. The normalized spacial score (nSPS) is 12.0. The molecule has 0 bridgehead atoms. The van der Waals surface area contributed by atoms with Gasteiger partial charge >= 0.3 is 0 Å². The summed E-state index contributed by atoms with van der Waals surface area (Å²) < 4.78 is 0. The van der Waals surface area contributed by atoms with Crippen molar-refractivity contribution in [3.8, 4) is 0 Å². The van der Waals surface area contributed by atoms with Gasteiger partial charge in [0, 0.05) is 12.1 Å². The SMILES string of the molecule is CCCC(N)(CCC)CCO. The van der Waals surface area contributed by atoms with Gasteiger partial charge < -0.3 is 10.8 Å². The second-order valence-corrected chi connectivity index (χ2v) is 3.34. The first-order chi connectivity index (χ1) is 5.18. The fourth-order valence-electron chi connectivity index (χ4n) is 1.59. The van der Waals surface area contributed by atoms with Gasteiger partial charge in [-0.25, -0.2) is 0 Å². The lowest BCUT2D eigenvalue weighted by atomic mass is 9.87. The molecule has 0 aromatic carbocycles. The highest BCUT2D eigenvalue weighted by Gasteiger charge is 2.21. The Bertz CT molecular complexity index is 76.5. The molecule has 3 N–H and O–H groups in total. The highest BCUT2D eigenvalue weighted by molar-refractivity contribution is 4.82. The zero-order valence-electron chi connectivity index (χ0n) is 7.77. The van der Waals surface area contributed by atoms with Crippen LogP contribution < -0.4 is 5.73 Å². The third-order valence-corrected chi connectivity index (χ3v) is 2.11. The Morgan fingerprint density at radius 3 is 1.82 bits per heavy atom. The number of hydrogen-bond donors (Lipinski definition) is 2. The summed E-state index contributed by atoms with van der Waals surface area (Å²) in [5, 5.41) is 8.78. The molecular weight excluding hydrogens is 138 g/mol. The van der Waals surface area contributed by atoms with Crippen LogP contribution in [0.4, 0.5) is 0 Å². The summed E-state index contributed by atoms with van der Waals surface area (Å²) in [6.07, 6.45) is 5.02. The van der Waals surface area contributed by atoms with Crippen LogP contribution in [-0.2, 0) is 0 Å². The molecule has 0 aliphatic heterocycles. The Balaban J connectivity index is 3.79. The first kappa shape index (κ1) is 10.9. The maximum atomic E-state index is 8.78. The molecule has 68 valence electrons. The van der Waals surface area contributed by atoms with E-state index >= 15 is 0 Å². The van der Waals surface area contributed by atoms with Crippen LogP contribution in [0.15, 0.2) is 0 Å². The van der Waals surface area contributed by atoms with E-state index in [4.69, 9.17) is 10.8 Å². The van der Waals surface area contributed by atoms with Gasteiger partial charge in [0.1, 0.15) is 0 Å². The van der Waals surface area contributed by atoms with Crippen LogP contribution in [0.3, 0.4) is 0 Å². The van der Waals surface area contributed by atoms with E-state index in [-0.39, 0.29) is 12.1 Å². The highest BCUT2D eigenvalue weighted by Crippen LogP contribution is 2.19. The van der Waals surface area contributed by atoms with Gasteiger partial charge in [0.15, 0.2) is 0 Å². The van der Waals surface area contributed by atoms with E-state index in [1.807, 2.05) is 0 Å². The lowest BCUT2D eigenvalue weighted by Gasteiger charge is -2.27. The van der Waals surface area contributed by atoms with Crippen molar-refractivity contribution in [3.63, 3.8) is 0 Å². The van der Waals surface area contributed by atoms with Gasteiger partial charge in [0.05, 0.1) is 0 Å². The fraction of sp³-hybridized carbons (Fsp3) is 1.00. The summed E-state index contributed by atoms with van der Waals surface area (Å²) >= 11 is 0. The molecule has 0 spiro atoms. The Kier molecular flexibility index (Phi) is 5.51. The molecule has 0 radical (unpaired) electrons. The second kappa shape index (κ2) is 5.56. The van der Waals surface area contributed by atoms with Crippen LogP contribution in [0.1, 0.15) is 46.0 Å². The summed E-state index contributed by atoms with van der Waals surface area (Å²) in [5.41, 5.74) is 5.97. The Morgan fingerprint density at radius 2 is 1.55 bits per heavy atom. The van der Waals surface area contributed by atoms with Crippen molar-refractivity contribution < 1.29 is 5.11 Å². The molecule has 0 fully saturated rings. The average molecular weight is 159 g/mol. The minimum Gasteiger partial charge on any atom is -0.396 e. The van der Waals surface area contributed by atoms with Crippen LogP contribution in [0.5, 0.6) is 0 Å². The van der Waals surface area contributed by atoms with Crippen molar-refractivity contribution >= 4 is 0 Å². The molecule has 0 heterocycles. The Labute approximate surface area is 69.8 Å². The molecule has 0 atom stereocenters. The van der Waals surface area contributed by atoms with E-state index in [9.17, 15) is 0 Å². The molecule has 0 unspecified atom stereocenters. The Hall–Kier alpha value is -0.0800. The fourth-order valence-corrected chi connectivity index (χ4v) is 1.59. The molecule has 0 aliphatic rings. The number of rotatable bonds is 6. The van der Waals surface area contributed by atoms with Gasteiger partial charge in [-0.2, -0.15) is 0 Å². The molecule has 0 amide bonds. The van der Waals surface area contributed by atoms with E-state index in [1.165, 1.54) is 0 Å². The van der Waals surface area contributed by atoms with Crippen molar-refractivity contribution in [3.05, 3.63) is 0 Å². The summed E-state index contributed by atoms with van der Waals surface area (Å²) in [6.45, 7) is 4.49. The molecule has 0 rings (SSSR count). The van der Waals surface area contributed by atoms with E-state index < -0.39 is 0 Å². The molecule has 2 nitrogen and oxygen atoms in total. The van der Waals surface area contributed by atoms with E-state index in [0.29, 0.717) is 0 Å². The predicted molar refractivity (Wildman–Crippen MR) is 48.4 cm³/mol. The minimum absolute atomic E-state index is 0.0990. The van der Waals surface area contributed by atoms with Gasteiger partial charge in [-0.05, 0) is 19.3 Å². The van der Waals surface area contributed by atoms with Crippen LogP contribution in [0.25, 0.3) is 0 Å². The molecule has 0 aliphatic carbocycles. The monoisotopic (exact) mass is 159 g/mol. The van der Waals surface area contributed by atoms with Crippen molar-refractivity contribution in [1.82, 2.24) is 0 Å². The van der Waals surface area contributed by atoms with Crippen LogP contribution in [-0.4, -0.2) is 17.3 Å². The third-order valence-electron chi connectivity index (χ3n) is 2.11. The largest absolute Gasteiger partial charge is 0.396 e. The van der Waals surface area contributed by atoms with E-state index in [2.05, 4.69) is 13.8 Å². The van der Waals surface area contributed by atoms with Crippen LogP contribution in [0.2, 0.25) is 0 Å².